The first-order valence-electron chi connectivity index (χ1n) is 6.95. The van der Waals surface area contributed by atoms with Gasteiger partial charge in [-0.3, -0.25) is 4.57 Å². The third-order valence-corrected chi connectivity index (χ3v) is 4.49. The zero-order chi connectivity index (χ0) is 14.6. The van der Waals surface area contributed by atoms with Crippen LogP contribution in [-0.4, -0.2) is 51.0 Å². The highest BCUT2D eigenvalue weighted by Gasteiger charge is 2.61. The highest BCUT2D eigenvalue weighted by molar-refractivity contribution is 5.81. The molecule has 2 bridgehead atoms. The van der Waals surface area contributed by atoms with Crippen molar-refractivity contribution in [2.24, 2.45) is 0 Å². The molecule has 0 aromatic carbocycles. The zero-order valence-corrected chi connectivity index (χ0v) is 11.9. The summed E-state index contributed by atoms with van der Waals surface area (Å²) in [5.41, 5.74) is 6.64. The monoisotopic (exact) mass is 291 g/mol. The minimum Gasteiger partial charge on any atom is -0.382 e. The maximum atomic E-state index is 6.26. The second-order valence-corrected chi connectivity index (χ2v) is 5.44. The first-order chi connectivity index (χ1) is 10.2. The van der Waals surface area contributed by atoms with Gasteiger partial charge in [0.15, 0.2) is 17.7 Å². The lowest BCUT2D eigenvalue weighted by Gasteiger charge is -2.30. The third kappa shape index (κ3) is 1.57. The van der Waals surface area contributed by atoms with Gasteiger partial charge in [0.05, 0.1) is 12.9 Å². The van der Waals surface area contributed by atoms with Crippen LogP contribution in [0.4, 0.5) is 5.82 Å². The summed E-state index contributed by atoms with van der Waals surface area (Å²) >= 11 is 0. The normalized spacial score (nSPS) is 34.9. The highest BCUT2D eigenvalue weighted by atomic mass is 16.7. The number of rotatable bonds is 3. The van der Waals surface area contributed by atoms with Crippen LogP contribution in [0.3, 0.4) is 0 Å². The molecule has 21 heavy (non-hydrogen) atoms. The Balaban J connectivity index is 1.79. The summed E-state index contributed by atoms with van der Waals surface area (Å²) in [6, 6.07) is 0. The molecule has 0 radical (unpaired) electrons. The predicted octanol–water partition coefficient (Wildman–Crippen LogP) is 0.500. The fourth-order valence-electron chi connectivity index (χ4n) is 3.35. The van der Waals surface area contributed by atoms with Gasteiger partial charge in [-0.25, -0.2) is 15.0 Å². The number of hydrogen-bond donors (Lipinski definition) is 1. The van der Waals surface area contributed by atoms with Gasteiger partial charge >= 0.3 is 0 Å². The lowest BCUT2D eigenvalue weighted by Crippen LogP contribution is -2.40. The van der Waals surface area contributed by atoms with Gasteiger partial charge in [0.25, 0.3) is 0 Å². The maximum absolute atomic E-state index is 6.26. The lowest BCUT2D eigenvalue weighted by atomic mass is 9.96. The summed E-state index contributed by atoms with van der Waals surface area (Å²) in [4.78, 5) is 12.5. The Bertz CT molecular complexity index is 689. The smallest absolute Gasteiger partial charge is 0.167 e. The van der Waals surface area contributed by atoms with E-state index in [1.807, 2.05) is 4.57 Å². The molecule has 4 heterocycles. The van der Waals surface area contributed by atoms with Gasteiger partial charge in [-0.05, 0) is 6.42 Å². The van der Waals surface area contributed by atoms with Crippen molar-refractivity contribution >= 4 is 17.0 Å². The van der Waals surface area contributed by atoms with Crippen LogP contribution in [-0.2, 0) is 14.2 Å². The van der Waals surface area contributed by atoms with E-state index in [9.17, 15) is 0 Å². The Hall–Kier alpha value is -1.77. The molecule has 2 saturated heterocycles. The molecular weight excluding hydrogens is 274 g/mol. The van der Waals surface area contributed by atoms with Crippen LogP contribution in [0.5, 0.6) is 0 Å². The molecule has 2 aliphatic heterocycles. The van der Waals surface area contributed by atoms with E-state index in [-0.39, 0.29) is 18.4 Å². The standard InChI is InChI=1S/C13H17N5O3/c1-3-13-4-20-8(9(13)19-2)12(21-13)18-6-17-7-10(14)15-5-16-11(7)18/h5-6,8-9,12H,3-4H2,1-2H3,(H2,14,15,16)/t8?,9?,12-,13+/m1/s1. The number of fused-ring (bicyclic) bond motifs is 3. The summed E-state index contributed by atoms with van der Waals surface area (Å²) in [5, 5.41) is 0. The van der Waals surface area contributed by atoms with Crippen molar-refractivity contribution < 1.29 is 14.2 Å². The van der Waals surface area contributed by atoms with E-state index in [2.05, 4.69) is 21.9 Å². The molecule has 2 aromatic heterocycles. The quantitative estimate of drug-likeness (QED) is 0.879. The molecule has 4 atom stereocenters. The third-order valence-electron chi connectivity index (χ3n) is 4.49. The van der Waals surface area contributed by atoms with Crippen LogP contribution >= 0.6 is 0 Å². The van der Waals surface area contributed by atoms with Gasteiger partial charge < -0.3 is 19.9 Å². The Morgan fingerprint density at radius 1 is 1.48 bits per heavy atom. The number of nitrogens with zero attached hydrogens (tertiary/aromatic N) is 4. The van der Waals surface area contributed by atoms with E-state index in [1.54, 1.807) is 13.4 Å². The molecule has 2 fully saturated rings. The second kappa shape index (κ2) is 4.36. The van der Waals surface area contributed by atoms with Gasteiger partial charge in [-0.2, -0.15) is 0 Å². The van der Waals surface area contributed by atoms with Crippen LogP contribution in [0, 0.1) is 0 Å². The lowest BCUT2D eigenvalue weighted by molar-refractivity contribution is -0.173. The molecule has 4 rings (SSSR count). The maximum Gasteiger partial charge on any atom is 0.167 e. The number of methoxy groups -OCH3 is 1. The molecule has 112 valence electrons. The molecule has 2 unspecified atom stereocenters. The van der Waals surface area contributed by atoms with Crippen molar-refractivity contribution in [1.29, 1.82) is 0 Å². The van der Waals surface area contributed by atoms with Crippen molar-refractivity contribution in [2.45, 2.75) is 37.4 Å². The molecule has 2 aliphatic rings. The van der Waals surface area contributed by atoms with Crippen LogP contribution in [0.25, 0.3) is 11.2 Å². The largest absolute Gasteiger partial charge is 0.382 e. The number of anilines is 1. The molecular formula is C13H17N5O3. The number of nitrogens with two attached hydrogens (primary N) is 1. The summed E-state index contributed by atoms with van der Waals surface area (Å²) in [6.07, 6.45) is 3.33. The minimum atomic E-state index is -0.404. The molecule has 0 amide bonds. The summed E-state index contributed by atoms with van der Waals surface area (Å²) in [6.45, 7) is 2.62. The van der Waals surface area contributed by atoms with Gasteiger partial charge in [0.1, 0.15) is 29.7 Å². The Morgan fingerprint density at radius 3 is 3.05 bits per heavy atom. The minimum absolute atomic E-state index is 0.0934. The Morgan fingerprint density at radius 2 is 2.33 bits per heavy atom. The van der Waals surface area contributed by atoms with E-state index in [0.717, 1.165) is 6.42 Å². The summed E-state index contributed by atoms with van der Waals surface area (Å²) in [5.74, 6) is 0.358. The average molecular weight is 291 g/mol. The zero-order valence-electron chi connectivity index (χ0n) is 11.9. The molecule has 0 spiro atoms. The molecule has 2 aromatic rings. The first kappa shape index (κ1) is 12.9. The number of imidazole rings is 1. The van der Waals surface area contributed by atoms with Crippen LogP contribution < -0.4 is 5.73 Å². The van der Waals surface area contributed by atoms with Crippen molar-refractivity contribution in [3.05, 3.63) is 12.7 Å². The summed E-state index contributed by atoms with van der Waals surface area (Å²) in [7, 11) is 1.69. The second-order valence-electron chi connectivity index (χ2n) is 5.44. The van der Waals surface area contributed by atoms with E-state index < -0.39 is 5.60 Å². The fourth-order valence-corrected chi connectivity index (χ4v) is 3.35. The molecule has 8 heteroatoms. The van der Waals surface area contributed by atoms with E-state index in [0.29, 0.717) is 23.6 Å². The van der Waals surface area contributed by atoms with Gasteiger partial charge in [0.2, 0.25) is 0 Å². The first-order valence-corrected chi connectivity index (χ1v) is 6.95. The molecule has 2 N–H and O–H groups in total. The van der Waals surface area contributed by atoms with Crippen LogP contribution in [0.1, 0.15) is 19.6 Å². The van der Waals surface area contributed by atoms with Crippen LogP contribution in [0.15, 0.2) is 12.7 Å². The Labute approximate surface area is 121 Å². The SMILES string of the molecule is CC[C@]12COC(C1OC)[C@H](n1cnc3c(N)ncnc31)O2. The van der Waals surface area contributed by atoms with Gasteiger partial charge in [-0.15, -0.1) is 0 Å². The van der Waals surface area contributed by atoms with E-state index >= 15 is 0 Å². The highest BCUT2D eigenvalue weighted by Crippen LogP contribution is 2.48. The molecule has 0 aliphatic carbocycles. The predicted molar refractivity (Wildman–Crippen MR) is 73.4 cm³/mol. The average Bonchev–Trinajstić information content (AvgIpc) is 3.16. The van der Waals surface area contributed by atoms with Crippen molar-refractivity contribution in [3.8, 4) is 0 Å². The molecule has 8 nitrogen and oxygen atoms in total. The van der Waals surface area contributed by atoms with Crippen molar-refractivity contribution in [3.63, 3.8) is 0 Å². The fraction of sp³-hybridized carbons (Fsp3) is 0.615. The van der Waals surface area contributed by atoms with Gasteiger partial charge in [0, 0.05) is 7.11 Å². The number of aromatic nitrogens is 4. The van der Waals surface area contributed by atoms with E-state index in [4.69, 9.17) is 19.9 Å². The van der Waals surface area contributed by atoms with Crippen LogP contribution in [0.2, 0.25) is 0 Å². The molecule has 0 saturated carbocycles. The number of hydrogen-bond acceptors (Lipinski definition) is 7. The van der Waals surface area contributed by atoms with Gasteiger partial charge in [-0.1, -0.05) is 6.92 Å². The topological polar surface area (TPSA) is 97.3 Å². The summed E-state index contributed by atoms with van der Waals surface area (Å²) < 4.78 is 19.6. The Kier molecular flexibility index (Phi) is 2.69. The number of ether oxygens (including phenoxy) is 3. The number of nitrogen functional groups attached to an aromatic ring is 1. The van der Waals surface area contributed by atoms with Crippen molar-refractivity contribution in [1.82, 2.24) is 19.5 Å². The van der Waals surface area contributed by atoms with Crippen molar-refractivity contribution in [2.75, 3.05) is 19.5 Å². The van der Waals surface area contributed by atoms with E-state index in [1.165, 1.54) is 6.33 Å².